The highest BCUT2D eigenvalue weighted by Gasteiger charge is 2.17. The summed E-state index contributed by atoms with van der Waals surface area (Å²) in [5.74, 6) is 1.45. The molecule has 130 valence electrons. The predicted molar refractivity (Wildman–Crippen MR) is 100 cm³/mol. The number of hydrogen-bond donors (Lipinski definition) is 2. The quantitative estimate of drug-likeness (QED) is 0.618. The number of carbonyl (C=O) groups excluding carboxylic acids is 1. The maximum absolute atomic E-state index is 12.3. The third-order valence-corrected chi connectivity index (χ3v) is 5.28. The van der Waals surface area contributed by atoms with Crippen molar-refractivity contribution >= 4 is 34.7 Å². The zero-order valence-electron chi connectivity index (χ0n) is 13.9. The van der Waals surface area contributed by atoms with Gasteiger partial charge in [0.25, 0.3) is 0 Å². The number of thiophene rings is 1. The number of rotatable bonds is 7. The number of nitrogens with one attached hydrogen (secondary N) is 2. The number of aromatic nitrogens is 3. The van der Waals surface area contributed by atoms with Gasteiger partial charge in [-0.05, 0) is 42.6 Å². The Balaban J connectivity index is 1.54. The summed E-state index contributed by atoms with van der Waals surface area (Å²) in [6.07, 6.45) is 0.720. The van der Waals surface area contributed by atoms with E-state index < -0.39 is 0 Å². The van der Waals surface area contributed by atoms with Gasteiger partial charge in [-0.2, -0.15) is 0 Å². The van der Waals surface area contributed by atoms with Crippen LogP contribution in [-0.2, 0) is 11.2 Å². The Morgan fingerprint density at radius 2 is 2.16 bits per heavy atom. The second-order valence-electron chi connectivity index (χ2n) is 5.30. The van der Waals surface area contributed by atoms with E-state index in [4.69, 9.17) is 4.74 Å². The van der Waals surface area contributed by atoms with Crippen LogP contribution < -0.4 is 10.1 Å². The lowest BCUT2D eigenvalue weighted by atomic mass is 10.3. The van der Waals surface area contributed by atoms with Crippen LogP contribution in [0.2, 0.25) is 0 Å². The van der Waals surface area contributed by atoms with Crippen LogP contribution in [0, 0.1) is 0 Å². The molecule has 8 heteroatoms. The fourth-order valence-corrected chi connectivity index (χ4v) is 3.57. The van der Waals surface area contributed by atoms with Gasteiger partial charge in [0, 0.05) is 17.0 Å². The number of methoxy groups -OCH3 is 1. The van der Waals surface area contributed by atoms with Gasteiger partial charge >= 0.3 is 0 Å². The van der Waals surface area contributed by atoms with Crippen LogP contribution in [-0.4, -0.2) is 33.4 Å². The molecule has 6 nitrogen and oxygen atoms in total. The molecular formula is C17H18N4O2S2. The molecule has 2 N–H and O–H groups in total. The van der Waals surface area contributed by atoms with Crippen LogP contribution in [0.3, 0.4) is 0 Å². The molecule has 0 saturated heterocycles. The first-order valence-electron chi connectivity index (χ1n) is 7.69. The number of amides is 1. The normalized spacial score (nSPS) is 11.9. The van der Waals surface area contributed by atoms with Crippen LogP contribution in [0.4, 0.5) is 5.69 Å². The second-order valence-corrected chi connectivity index (χ2v) is 7.64. The van der Waals surface area contributed by atoms with Crippen molar-refractivity contribution < 1.29 is 9.53 Å². The first-order chi connectivity index (χ1) is 12.1. The molecule has 25 heavy (non-hydrogen) atoms. The fraction of sp³-hybridized carbons (Fsp3) is 0.235. The zero-order chi connectivity index (χ0) is 17.6. The summed E-state index contributed by atoms with van der Waals surface area (Å²) < 4.78 is 5.10. The number of anilines is 1. The first kappa shape index (κ1) is 17.5. The van der Waals surface area contributed by atoms with Crippen LogP contribution in [0.15, 0.2) is 46.9 Å². The van der Waals surface area contributed by atoms with Crippen molar-refractivity contribution in [3.63, 3.8) is 0 Å². The summed E-state index contributed by atoms with van der Waals surface area (Å²) >= 11 is 3.01. The maximum Gasteiger partial charge on any atom is 0.237 e. The Bertz CT molecular complexity index is 816. The largest absolute Gasteiger partial charge is 0.497 e. The van der Waals surface area contributed by atoms with Gasteiger partial charge < -0.3 is 10.1 Å². The number of H-pyrrole nitrogens is 1. The number of hydrogen-bond acceptors (Lipinski definition) is 6. The van der Waals surface area contributed by atoms with Gasteiger partial charge in [0.15, 0.2) is 0 Å². The van der Waals surface area contributed by atoms with Crippen LogP contribution in [0.1, 0.15) is 17.6 Å². The Morgan fingerprint density at radius 3 is 2.84 bits per heavy atom. The minimum absolute atomic E-state index is 0.0974. The molecule has 2 aromatic heterocycles. The van der Waals surface area contributed by atoms with E-state index in [2.05, 4.69) is 26.6 Å². The van der Waals surface area contributed by atoms with Crippen LogP contribution in [0.25, 0.3) is 0 Å². The van der Waals surface area contributed by atoms with E-state index in [1.807, 2.05) is 18.4 Å². The average Bonchev–Trinajstić information content (AvgIpc) is 3.28. The molecule has 1 amide bonds. The fourth-order valence-electron chi connectivity index (χ4n) is 2.12. The highest BCUT2D eigenvalue weighted by molar-refractivity contribution is 8.00. The van der Waals surface area contributed by atoms with Gasteiger partial charge in [0.2, 0.25) is 11.1 Å². The Hall–Kier alpha value is -2.32. The molecule has 0 aliphatic heterocycles. The molecular weight excluding hydrogens is 356 g/mol. The molecule has 0 aliphatic carbocycles. The van der Waals surface area contributed by atoms with Crippen LogP contribution in [0.5, 0.6) is 5.75 Å². The van der Waals surface area contributed by atoms with Crippen molar-refractivity contribution in [2.75, 3.05) is 12.4 Å². The standard InChI is InChI=1S/C17H18N4O2S2/c1-11(16(22)18-12-5-7-13(23-2)8-6-12)25-17-19-15(20-21-17)10-14-4-3-9-24-14/h3-9,11H,10H2,1-2H3,(H,18,22)(H,19,20,21). The molecule has 1 aromatic carbocycles. The monoisotopic (exact) mass is 374 g/mol. The van der Waals surface area contributed by atoms with E-state index in [9.17, 15) is 4.79 Å². The Morgan fingerprint density at radius 1 is 1.36 bits per heavy atom. The predicted octanol–water partition coefficient (Wildman–Crippen LogP) is 3.58. The summed E-state index contributed by atoms with van der Waals surface area (Å²) in [6.45, 7) is 1.83. The van der Waals surface area contributed by atoms with E-state index in [0.29, 0.717) is 5.16 Å². The van der Waals surface area contributed by atoms with E-state index in [1.54, 1.807) is 42.7 Å². The first-order valence-corrected chi connectivity index (χ1v) is 9.45. The lowest BCUT2D eigenvalue weighted by Crippen LogP contribution is -2.22. The summed E-state index contributed by atoms with van der Waals surface area (Å²) in [7, 11) is 1.61. The van der Waals surface area contributed by atoms with Gasteiger partial charge in [-0.15, -0.1) is 16.4 Å². The molecule has 3 rings (SSSR count). The molecule has 1 atom stereocenters. The Kier molecular flexibility index (Phi) is 5.72. The van der Waals surface area contributed by atoms with Gasteiger partial charge in [0.1, 0.15) is 11.6 Å². The van der Waals surface area contributed by atoms with Crippen molar-refractivity contribution in [1.29, 1.82) is 0 Å². The van der Waals surface area contributed by atoms with E-state index in [1.165, 1.54) is 16.6 Å². The summed E-state index contributed by atoms with van der Waals surface area (Å²) in [6, 6.07) is 11.3. The lowest BCUT2D eigenvalue weighted by Gasteiger charge is -2.10. The third kappa shape index (κ3) is 4.83. The van der Waals surface area contributed by atoms with E-state index >= 15 is 0 Å². The smallest absolute Gasteiger partial charge is 0.237 e. The maximum atomic E-state index is 12.3. The highest BCUT2D eigenvalue weighted by Crippen LogP contribution is 2.22. The SMILES string of the molecule is COc1ccc(NC(=O)C(C)Sc2n[nH]c(Cc3cccs3)n2)cc1. The molecule has 0 fully saturated rings. The number of benzene rings is 1. The minimum atomic E-state index is -0.313. The van der Waals surface area contributed by atoms with Crippen molar-refractivity contribution in [2.45, 2.75) is 23.8 Å². The molecule has 0 saturated carbocycles. The molecule has 2 heterocycles. The molecule has 0 aliphatic rings. The van der Waals surface area contributed by atoms with Gasteiger partial charge in [0.05, 0.1) is 12.4 Å². The number of thioether (sulfide) groups is 1. The van der Waals surface area contributed by atoms with Crippen LogP contribution >= 0.6 is 23.1 Å². The summed E-state index contributed by atoms with van der Waals surface area (Å²) in [5.41, 5.74) is 0.728. The molecule has 0 spiro atoms. The number of ether oxygens (including phenoxy) is 1. The molecule has 3 aromatic rings. The van der Waals surface area contributed by atoms with Crippen molar-refractivity contribution in [3.05, 3.63) is 52.5 Å². The van der Waals surface area contributed by atoms with Crippen molar-refractivity contribution in [2.24, 2.45) is 0 Å². The Labute approximate surface area is 154 Å². The average molecular weight is 374 g/mol. The zero-order valence-corrected chi connectivity index (χ0v) is 15.5. The third-order valence-electron chi connectivity index (χ3n) is 3.44. The number of carbonyl (C=O) groups is 1. The molecule has 1 unspecified atom stereocenters. The minimum Gasteiger partial charge on any atom is -0.497 e. The van der Waals surface area contributed by atoms with Crippen molar-refractivity contribution in [1.82, 2.24) is 15.2 Å². The molecule has 0 radical (unpaired) electrons. The lowest BCUT2D eigenvalue weighted by molar-refractivity contribution is -0.115. The second kappa shape index (κ2) is 8.17. The van der Waals surface area contributed by atoms with Gasteiger partial charge in [-0.25, -0.2) is 4.98 Å². The number of nitrogens with zero attached hydrogens (tertiary/aromatic N) is 2. The van der Waals surface area contributed by atoms with E-state index in [0.717, 1.165) is 23.7 Å². The van der Waals surface area contributed by atoms with Crippen molar-refractivity contribution in [3.8, 4) is 5.75 Å². The summed E-state index contributed by atoms with van der Waals surface area (Å²) in [4.78, 5) is 18.0. The molecule has 0 bridgehead atoms. The summed E-state index contributed by atoms with van der Waals surface area (Å²) in [5, 5.41) is 12.3. The van der Waals surface area contributed by atoms with E-state index in [-0.39, 0.29) is 11.2 Å². The number of aromatic amines is 1. The highest BCUT2D eigenvalue weighted by atomic mass is 32.2. The van der Waals surface area contributed by atoms with Gasteiger partial charge in [-0.3, -0.25) is 9.89 Å². The topological polar surface area (TPSA) is 79.9 Å². The van der Waals surface area contributed by atoms with Gasteiger partial charge in [-0.1, -0.05) is 17.8 Å².